The molecule has 23 heavy (non-hydrogen) atoms. The van der Waals surface area contributed by atoms with Crippen molar-refractivity contribution in [2.45, 2.75) is 18.5 Å². The lowest BCUT2D eigenvalue weighted by molar-refractivity contribution is -0.233. The molecule has 1 aromatic heterocycles. The molecule has 1 aliphatic heterocycles. The summed E-state index contributed by atoms with van der Waals surface area (Å²) in [6.07, 6.45) is -11.7. The average molecular weight is 344 g/mol. The molecule has 2 rings (SSSR count). The zero-order chi connectivity index (χ0) is 17.4. The molecule has 0 saturated carbocycles. The quantitative estimate of drug-likeness (QED) is 0.791. The van der Waals surface area contributed by atoms with Crippen LogP contribution in [0, 0.1) is 0 Å². The van der Waals surface area contributed by atoms with Gasteiger partial charge in [0, 0.05) is 6.54 Å². The molecule has 1 fully saturated rings. The Kier molecular flexibility index (Phi) is 4.42. The molecule has 1 aliphatic rings. The third-order valence-corrected chi connectivity index (χ3v) is 3.16. The Morgan fingerprint density at radius 2 is 1.87 bits per heavy atom. The first kappa shape index (κ1) is 17.3. The zero-order valence-electron chi connectivity index (χ0n) is 11.3. The number of morpholine rings is 1. The van der Waals surface area contributed by atoms with E-state index in [0.717, 1.165) is 4.90 Å². The Bertz CT molecular complexity index is 651. The molecule has 1 aromatic rings. The van der Waals surface area contributed by atoms with E-state index in [9.17, 15) is 35.9 Å². The van der Waals surface area contributed by atoms with Crippen LogP contribution in [0.1, 0.15) is 16.1 Å². The smallest absolute Gasteiger partial charge is 0.365 e. The minimum Gasteiger partial charge on any atom is -0.365 e. The number of aromatic amines is 1. The lowest BCUT2D eigenvalue weighted by atomic mass is 10.2. The molecule has 5 nitrogen and oxygen atoms in total. The monoisotopic (exact) mass is 344 g/mol. The third-order valence-electron chi connectivity index (χ3n) is 3.16. The number of nitrogens with one attached hydrogen (secondary N) is 1. The van der Waals surface area contributed by atoms with Crippen molar-refractivity contribution in [1.82, 2.24) is 9.88 Å². The van der Waals surface area contributed by atoms with Crippen molar-refractivity contribution in [3.63, 3.8) is 0 Å². The van der Waals surface area contributed by atoms with Crippen molar-refractivity contribution in [1.29, 1.82) is 0 Å². The summed E-state index contributed by atoms with van der Waals surface area (Å²) >= 11 is 0. The van der Waals surface area contributed by atoms with Crippen LogP contribution in [0.15, 0.2) is 16.9 Å². The highest BCUT2D eigenvalue weighted by atomic mass is 19.4. The van der Waals surface area contributed by atoms with Gasteiger partial charge in [0.05, 0.1) is 13.2 Å². The predicted octanol–water partition coefficient (Wildman–Crippen LogP) is 1.80. The van der Waals surface area contributed by atoms with Gasteiger partial charge in [0.15, 0.2) is 6.10 Å². The number of pyridine rings is 1. The topological polar surface area (TPSA) is 62.4 Å². The van der Waals surface area contributed by atoms with Gasteiger partial charge in [-0.3, -0.25) is 9.59 Å². The minimum atomic E-state index is -4.80. The number of carbonyl (C=O) groups is 1. The summed E-state index contributed by atoms with van der Waals surface area (Å²) in [4.78, 5) is 25.9. The van der Waals surface area contributed by atoms with Crippen molar-refractivity contribution in [3.05, 3.63) is 33.7 Å². The van der Waals surface area contributed by atoms with Gasteiger partial charge >= 0.3 is 12.4 Å². The fourth-order valence-corrected chi connectivity index (χ4v) is 2.01. The van der Waals surface area contributed by atoms with E-state index < -0.39 is 54.3 Å². The molecule has 1 atom stereocenters. The van der Waals surface area contributed by atoms with E-state index >= 15 is 0 Å². The average Bonchev–Trinajstić information content (AvgIpc) is 2.45. The molecule has 1 amide bonds. The van der Waals surface area contributed by atoms with Crippen molar-refractivity contribution >= 4 is 5.91 Å². The second-order valence-electron chi connectivity index (χ2n) is 4.76. The van der Waals surface area contributed by atoms with Crippen LogP contribution in [-0.2, 0) is 10.9 Å². The Labute approximate surface area is 124 Å². The second-order valence-corrected chi connectivity index (χ2v) is 4.76. The van der Waals surface area contributed by atoms with Crippen LogP contribution < -0.4 is 5.56 Å². The standard InChI is InChI=1S/C12H10F6N2O3/c13-11(14,15)7-2-1-6(9(21)19-7)10(22)20-3-4-23-8(5-20)12(16,17)18/h1-2,8H,3-5H2,(H,19,21). The van der Waals surface area contributed by atoms with Crippen LogP contribution in [-0.4, -0.2) is 47.8 Å². The number of H-pyrrole nitrogens is 1. The van der Waals surface area contributed by atoms with Crippen molar-refractivity contribution in [3.8, 4) is 0 Å². The molecule has 1 N–H and O–H groups in total. The van der Waals surface area contributed by atoms with Gasteiger partial charge in [-0.25, -0.2) is 0 Å². The van der Waals surface area contributed by atoms with Gasteiger partial charge in [-0.05, 0) is 12.1 Å². The number of halogens is 6. The molecule has 11 heteroatoms. The van der Waals surface area contributed by atoms with Gasteiger partial charge in [-0.15, -0.1) is 0 Å². The first-order valence-electron chi connectivity index (χ1n) is 6.28. The highest BCUT2D eigenvalue weighted by Crippen LogP contribution is 2.27. The molecule has 2 heterocycles. The molecule has 1 unspecified atom stereocenters. The Morgan fingerprint density at radius 1 is 1.22 bits per heavy atom. The van der Waals surface area contributed by atoms with Gasteiger partial charge in [-0.1, -0.05) is 0 Å². The maximum absolute atomic E-state index is 12.6. The SMILES string of the molecule is O=C(c1ccc(C(F)(F)F)[nH]c1=O)N1CCOC(C(F)(F)F)C1. The number of nitrogens with zero attached hydrogens (tertiary/aromatic N) is 1. The first-order valence-corrected chi connectivity index (χ1v) is 6.28. The normalized spacial score (nSPS) is 19.7. The highest BCUT2D eigenvalue weighted by Gasteiger charge is 2.44. The molecule has 0 radical (unpaired) electrons. The van der Waals surface area contributed by atoms with Gasteiger partial charge in [-0.2, -0.15) is 26.3 Å². The lowest BCUT2D eigenvalue weighted by Crippen LogP contribution is -2.51. The van der Waals surface area contributed by atoms with Crippen LogP contribution in [0.5, 0.6) is 0 Å². The van der Waals surface area contributed by atoms with E-state index in [1.165, 1.54) is 4.98 Å². The van der Waals surface area contributed by atoms with E-state index in [0.29, 0.717) is 12.1 Å². The maximum atomic E-state index is 12.6. The fraction of sp³-hybridized carbons (Fsp3) is 0.500. The molecule has 0 spiro atoms. The van der Waals surface area contributed by atoms with Crippen LogP contribution in [0.4, 0.5) is 26.3 Å². The van der Waals surface area contributed by atoms with Crippen LogP contribution in [0.25, 0.3) is 0 Å². The number of hydrogen-bond acceptors (Lipinski definition) is 3. The predicted molar refractivity (Wildman–Crippen MR) is 63.8 cm³/mol. The summed E-state index contributed by atoms with van der Waals surface area (Å²) in [6.45, 7) is -1.43. The minimum absolute atomic E-state index is 0.203. The maximum Gasteiger partial charge on any atom is 0.431 e. The number of rotatable bonds is 1. The summed E-state index contributed by atoms with van der Waals surface area (Å²) in [5.74, 6) is -1.09. The van der Waals surface area contributed by atoms with Crippen molar-refractivity contribution < 1.29 is 35.9 Å². The number of ether oxygens (including phenoxy) is 1. The molecule has 128 valence electrons. The number of alkyl halides is 6. The molecule has 0 aromatic carbocycles. The molecular formula is C12H10F6N2O3. The third kappa shape index (κ3) is 3.84. The van der Waals surface area contributed by atoms with Gasteiger partial charge in [0.1, 0.15) is 11.3 Å². The van der Waals surface area contributed by atoms with Gasteiger partial charge in [0.25, 0.3) is 11.5 Å². The van der Waals surface area contributed by atoms with Crippen LogP contribution >= 0.6 is 0 Å². The van der Waals surface area contributed by atoms with E-state index in [2.05, 4.69) is 4.74 Å². The second kappa shape index (κ2) is 5.87. The summed E-state index contributed by atoms with van der Waals surface area (Å²) in [5, 5.41) is 0. The summed E-state index contributed by atoms with van der Waals surface area (Å²) < 4.78 is 79.6. The summed E-state index contributed by atoms with van der Waals surface area (Å²) in [5.41, 5.74) is -3.34. The molecular weight excluding hydrogens is 334 g/mol. The van der Waals surface area contributed by atoms with E-state index in [1.807, 2.05) is 0 Å². The van der Waals surface area contributed by atoms with E-state index in [1.54, 1.807) is 0 Å². The van der Waals surface area contributed by atoms with Crippen LogP contribution in [0.3, 0.4) is 0 Å². The van der Waals surface area contributed by atoms with Gasteiger partial charge in [0.2, 0.25) is 0 Å². The van der Waals surface area contributed by atoms with Crippen molar-refractivity contribution in [2.24, 2.45) is 0 Å². The highest BCUT2D eigenvalue weighted by molar-refractivity contribution is 5.93. The number of amides is 1. The zero-order valence-corrected chi connectivity index (χ0v) is 11.3. The molecule has 1 saturated heterocycles. The number of carbonyl (C=O) groups excluding carboxylic acids is 1. The molecule has 0 bridgehead atoms. The Balaban J connectivity index is 2.22. The van der Waals surface area contributed by atoms with Gasteiger partial charge < -0.3 is 14.6 Å². The van der Waals surface area contributed by atoms with E-state index in [4.69, 9.17) is 0 Å². The number of aromatic nitrogens is 1. The lowest BCUT2D eigenvalue weighted by Gasteiger charge is -2.33. The fourth-order valence-electron chi connectivity index (χ4n) is 2.01. The summed E-state index contributed by atoms with van der Waals surface area (Å²) in [7, 11) is 0. The Morgan fingerprint density at radius 3 is 2.39 bits per heavy atom. The van der Waals surface area contributed by atoms with Crippen LogP contribution in [0.2, 0.25) is 0 Å². The summed E-state index contributed by atoms with van der Waals surface area (Å²) in [6, 6.07) is 1.12. The van der Waals surface area contributed by atoms with E-state index in [-0.39, 0.29) is 6.54 Å². The molecule has 0 aliphatic carbocycles. The Hall–Kier alpha value is -2.04. The number of hydrogen-bond donors (Lipinski definition) is 1. The first-order chi connectivity index (χ1) is 10.5. The van der Waals surface area contributed by atoms with Crippen molar-refractivity contribution in [2.75, 3.05) is 19.7 Å². The largest absolute Gasteiger partial charge is 0.431 e.